The van der Waals surface area contributed by atoms with Gasteiger partial charge in [0.1, 0.15) is 44.7 Å². The molecule has 126 heavy (non-hydrogen) atoms. The first-order valence-corrected chi connectivity index (χ1v) is 42.4. The van der Waals surface area contributed by atoms with Crippen LogP contribution >= 0.6 is 0 Å². The van der Waals surface area contributed by atoms with Gasteiger partial charge in [-0.1, -0.05) is 273 Å². The van der Waals surface area contributed by atoms with Gasteiger partial charge >= 0.3 is 0 Å². The summed E-state index contributed by atoms with van der Waals surface area (Å²) in [5.74, 6) is 2.89. The zero-order chi connectivity index (χ0) is 82.1. The van der Waals surface area contributed by atoms with Crippen molar-refractivity contribution in [1.29, 1.82) is 0 Å². The average Bonchev–Trinajstić information content (AvgIpc) is 1.53. The molecular weight excluding hydrogens is 1550 g/mol. The van der Waals surface area contributed by atoms with E-state index in [4.69, 9.17) is 47.6 Å². The van der Waals surface area contributed by atoms with Crippen LogP contribution in [0, 0.1) is 0 Å². The minimum atomic E-state index is 0.446. The monoisotopic (exact) mass is 1610 g/mol. The molecule has 0 saturated carbocycles. The molecular formula is C114H62N8O4. The molecule has 0 aliphatic rings. The Hall–Kier alpha value is -17.2. The molecule has 8 aromatic heterocycles. The lowest BCUT2D eigenvalue weighted by Gasteiger charge is -2.18. The molecule has 0 unspecified atom stereocenters. The van der Waals surface area contributed by atoms with E-state index in [2.05, 4.69) is 325 Å². The number of aromatic nitrogens is 8. The lowest BCUT2D eigenvalue weighted by molar-refractivity contribution is 0.668. The molecule has 582 valence electrons. The second-order valence-corrected chi connectivity index (χ2v) is 33.0. The fourth-order valence-corrected chi connectivity index (χ4v) is 20.5. The van der Waals surface area contributed by atoms with Gasteiger partial charge in [-0.05, 0) is 174 Å². The first-order chi connectivity index (χ1) is 62.4. The van der Waals surface area contributed by atoms with Crippen LogP contribution in [0.3, 0.4) is 0 Å². The van der Waals surface area contributed by atoms with E-state index in [9.17, 15) is 0 Å². The van der Waals surface area contributed by atoms with Crippen molar-refractivity contribution in [3.05, 3.63) is 376 Å². The molecule has 28 rings (SSSR count). The van der Waals surface area contributed by atoms with E-state index in [1.807, 2.05) is 60.7 Å². The summed E-state index contributed by atoms with van der Waals surface area (Å²) in [6.45, 7) is 0. The van der Waals surface area contributed by atoms with Crippen LogP contribution in [0.4, 0.5) is 0 Å². The van der Waals surface area contributed by atoms with E-state index in [0.29, 0.717) is 57.3 Å². The summed E-state index contributed by atoms with van der Waals surface area (Å²) in [7, 11) is 0. The Labute approximate surface area is 715 Å². The summed E-state index contributed by atoms with van der Waals surface area (Å²) < 4.78 is 32.9. The second kappa shape index (κ2) is 26.2. The topological polar surface area (TPSA) is 140 Å². The normalized spacial score (nSPS) is 12.3. The highest BCUT2D eigenvalue weighted by Crippen LogP contribution is 2.52. The second-order valence-electron chi connectivity index (χ2n) is 33.0. The Morgan fingerprint density at radius 2 is 0.619 bits per heavy atom. The maximum atomic E-state index is 7.51. The molecule has 0 N–H and O–H groups in total. The van der Waals surface area contributed by atoms with Crippen molar-refractivity contribution in [2.45, 2.75) is 0 Å². The van der Waals surface area contributed by atoms with E-state index in [1.54, 1.807) is 0 Å². The summed E-state index contributed by atoms with van der Waals surface area (Å²) in [4.78, 5) is 34.2. The zero-order valence-corrected chi connectivity index (χ0v) is 67.0. The number of rotatable bonds is 9. The number of hydrogen-bond donors (Lipinski definition) is 0. The third kappa shape index (κ3) is 10.1. The molecule has 0 aliphatic heterocycles. The van der Waals surface area contributed by atoms with E-state index in [-0.39, 0.29) is 0 Å². The first kappa shape index (κ1) is 68.5. The molecule has 20 aromatic carbocycles. The van der Waals surface area contributed by atoms with Crippen LogP contribution in [0.25, 0.3) is 287 Å². The van der Waals surface area contributed by atoms with Gasteiger partial charge in [-0.15, -0.1) is 0 Å². The predicted octanol–water partition coefficient (Wildman–Crippen LogP) is 30.4. The van der Waals surface area contributed by atoms with Crippen LogP contribution in [0.5, 0.6) is 0 Å². The van der Waals surface area contributed by atoms with Gasteiger partial charge in [0.15, 0.2) is 34.9 Å². The van der Waals surface area contributed by atoms with E-state index in [0.717, 1.165) is 230 Å². The highest BCUT2D eigenvalue weighted by molar-refractivity contribution is 6.28. The Bertz CT molecular complexity index is 9670. The van der Waals surface area contributed by atoms with Gasteiger partial charge in [0, 0.05) is 92.3 Å². The maximum absolute atomic E-state index is 7.51. The van der Waals surface area contributed by atoms with Crippen molar-refractivity contribution in [3.63, 3.8) is 0 Å². The lowest BCUT2D eigenvalue weighted by Crippen LogP contribution is -2.05. The van der Waals surface area contributed by atoms with Gasteiger partial charge in [0.25, 0.3) is 0 Å². The quantitative estimate of drug-likeness (QED) is 0.137. The molecule has 0 spiro atoms. The molecule has 12 heteroatoms. The highest BCUT2D eigenvalue weighted by atomic mass is 16.3. The molecule has 12 nitrogen and oxygen atoms in total. The van der Waals surface area contributed by atoms with Crippen LogP contribution in [0.1, 0.15) is 0 Å². The molecule has 0 radical (unpaired) electrons. The Kier molecular flexibility index (Phi) is 14.2. The average molecular weight is 1610 g/mol. The van der Waals surface area contributed by atoms with Gasteiger partial charge in [-0.25, -0.2) is 29.9 Å². The molecule has 0 fully saturated rings. The van der Waals surface area contributed by atoms with Crippen molar-refractivity contribution in [2.75, 3.05) is 0 Å². The van der Waals surface area contributed by atoms with E-state index in [1.165, 1.54) is 0 Å². The molecule has 0 aliphatic carbocycles. The summed E-state index contributed by atoms with van der Waals surface area (Å²) in [6, 6.07) is 133. The molecule has 28 aromatic rings. The SMILES string of the molecule is c1ccc2cc3c(cc2c1)c1ccccc1n3-c1c(-c2nc(-c3ccc4cc(-c5ccc6oc7c(-c8nc(-c9cccc%10ccccc9%10)nc(-c9cccc%10oc%11ccccc%11c9%10)n8)c(-n8c9cc%10ccccc%10cc9c9c%10ccccc%10ccc98)ccc7c6c5)ccc4c3)nc(-c3cccc4oc5ccccc5c34)n2)c2oc3ccccc3c2c2ccccc12. The molecule has 0 amide bonds. The van der Waals surface area contributed by atoms with Gasteiger partial charge < -0.3 is 26.8 Å². The number of fused-ring (bicyclic) bond motifs is 26. The van der Waals surface area contributed by atoms with Crippen LogP contribution in [0.2, 0.25) is 0 Å². The predicted molar refractivity (Wildman–Crippen MR) is 514 cm³/mol. The summed E-state index contributed by atoms with van der Waals surface area (Å²) in [5.41, 5.74) is 18.5. The standard InChI is InChI=1S/C114H62N8O4/c1-3-26-67-61-92-86(58-65(67)24-1)76-31-11-15-40-89(76)122(92)106-78-33-10-9-32-77(78)103-83-36-14-18-43-96(83)126-108(103)105(106)114-116-109(115-111(120-114)84-38-20-44-98-101(84)81-34-12-16-41-94(81)123-98)73-49-48-69-56-70(46-47-71(69)57-73)72-51-55-97-87(59-72)79-52-54-91(121-90-53-50-64-23-6-8-30-75(64)100(90)88-60-66-25-2-4-27-68(66)62-93(88)121)104(107(79)125-97)113-118-110(80-37-19-28-63-22-5-7-29-74(63)80)117-112(119-113)85-39-21-45-99-102(85)82-35-13-17-42-95(82)124-99/h1-62H. The van der Waals surface area contributed by atoms with Crippen molar-refractivity contribution >= 4 is 196 Å². The number of furan rings is 4. The van der Waals surface area contributed by atoms with E-state index >= 15 is 0 Å². The highest BCUT2D eigenvalue weighted by Gasteiger charge is 2.32. The van der Waals surface area contributed by atoms with Gasteiger partial charge in [0.05, 0.1) is 44.6 Å². The molecule has 8 heterocycles. The number of para-hydroxylation sites is 4. The van der Waals surface area contributed by atoms with Crippen molar-refractivity contribution in [3.8, 4) is 90.8 Å². The van der Waals surface area contributed by atoms with E-state index < -0.39 is 0 Å². The minimum Gasteiger partial charge on any atom is -0.456 e. The maximum Gasteiger partial charge on any atom is 0.170 e. The third-order valence-electron chi connectivity index (χ3n) is 26.1. The van der Waals surface area contributed by atoms with Crippen LogP contribution < -0.4 is 0 Å². The van der Waals surface area contributed by atoms with Crippen molar-refractivity contribution < 1.29 is 17.7 Å². The Balaban J connectivity index is 0.650. The van der Waals surface area contributed by atoms with Gasteiger partial charge in [0.2, 0.25) is 0 Å². The third-order valence-corrected chi connectivity index (χ3v) is 26.1. The van der Waals surface area contributed by atoms with Gasteiger partial charge in [-0.3, -0.25) is 0 Å². The fraction of sp³-hybridized carbons (Fsp3) is 0. The van der Waals surface area contributed by atoms with Crippen LogP contribution in [-0.4, -0.2) is 39.0 Å². The lowest BCUT2D eigenvalue weighted by atomic mass is 9.96. The first-order valence-electron chi connectivity index (χ1n) is 42.4. The Morgan fingerprint density at radius 3 is 1.31 bits per heavy atom. The van der Waals surface area contributed by atoms with Crippen LogP contribution in [0.15, 0.2) is 394 Å². The summed E-state index contributed by atoms with van der Waals surface area (Å²) in [5, 5.41) is 25.2. The molecule has 0 bridgehead atoms. The molecule has 0 atom stereocenters. The zero-order valence-electron chi connectivity index (χ0n) is 67.0. The van der Waals surface area contributed by atoms with Crippen LogP contribution in [-0.2, 0) is 0 Å². The van der Waals surface area contributed by atoms with Crippen molar-refractivity contribution in [1.82, 2.24) is 39.0 Å². The number of hydrogen-bond acceptors (Lipinski definition) is 10. The summed E-state index contributed by atoms with van der Waals surface area (Å²) >= 11 is 0. The smallest absolute Gasteiger partial charge is 0.170 e. The fourth-order valence-electron chi connectivity index (χ4n) is 20.5. The number of benzene rings is 20. The van der Waals surface area contributed by atoms with Crippen molar-refractivity contribution in [2.24, 2.45) is 0 Å². The summed E-state index contributed by atoms with van der Waals surface area (Å²) in [6.07, 6.45) is 0. The largest absolute Gasteiger partial charge is 0.456 e. The molecule has 0 saturated heterocycles. The van der Waals surface area contributed by atoms with Gasteiger partial charge in [-0.2, -0.15) is 0 Å². The Morgan fingerprint density at radius 1 is 0.183 bits per heavy atom. The minimum absolute atomic E-state index is 0.446. The number of nitrogens with zero attached hydrogens (tertiary/aromatic N) is 8.